The standard InChI is InChI=1S/C47H84N4O14/c1-4-18-40(48-3)42(54)26-23-38(37(2)52)19-15-16-27-49-44(56)35-65-34-32-63-30-28-50-45(57)36-64-33-31-62-29-17-20-39(53)24-25-41(47(60)61)51-43(55)21-13-11-9-7-5-6-8-10-12-14-22-46(58)59/h38,40-41,48H,4-36H2,1-3H3,(H,49,56)(H,50,57)(H,51,55)(H,58,59)(H,60,61)/t38-,40+,41+/m1/s1. The van der Waals surface area contributed by atoms with Gasteiger partial charge in [0.25, 0.3) is 0 Å². The number of carbonyl (C=O) groups is 8. The lowest BCUT2D eigenvalue weighted by atomic mass is 9.90. The van der Waals surface area contributed by atoms with E-state index in [2.05, 4.69) is 21.3 Å². The van der Waals surface area contributed by atoms with Gasteiger partial charge in [-0.1, -0.05) is 71.1 Å². The van der Waals surface area contributed by atoms with Crippen molar-refractivity contribution in [1.29, 1.82) is 0 Å². The number of carboxylic acids is 2. The van der Waals surface area contributed by atoms with Crippen molar-refractivity contribution in [2.45, 2.75) is 174 Å². The molecule has 0 rings (SSSR count). The Morgan fingerprint density at radius 1 is 0.492 bits per heavy atom. The monoisotopic (exact) mass is 929 g/mol. The highest BCUT2D eigenvalue weighted by molar-refractivity contribution is 5.86. The van der Waals surface area contributed by atoms with Gasteiger partial charge in [-0.25, -0.2) is 4.79 Å². The quantitative estimate of drug-likeness (QED) is 0.0445. The second kappa shape index (κ2) is 42.8. The van der Waals surface area contributed by atoms with Crippen molar-refractivity contribution in [2.24, 2.45) is 5.92 Å². The van der Waals surface area contributed by atoms with E-state index in [-0.39, 0.29) is 132 Å². The lowest BCUT2D eigenvalue weighted by Gasteiger charge is -2.17. The lowest BCUT2D eigenvalue weighted by Crippen LogP contribution is -2.41. The summed E-state index contributed by atoms with van der Waals surface area (Å²) in [6.45, 7) is 5.50. The minimum atomic E-state index is -1.17. The van der Waals surface area contributed by atoms with Gasteiger partial charge in [-0.2, -0.15) is 0 Å². The molecule has 0 aromatic carbocycles. The van der Waals surface area contributed by atoms with Crippen LogP contribution in [0.5, 0.6) is 0 Å². The third-order valence-corrected chi connectivity index (χ3v) is 10.8. The first-order chi connectivity index (χ1) is 31.3. The highest BCUT2D eigenvalue weighted by Gasteiger charge is 2.22. The summed E-state index contributed by atoms with van der Waals surface area (Å²) >= 11 is 0. The van der Waals surface area contributed by atoms with Gasteiger partial charge in [-0.3, -0.25) is 33.6 Å². The largest absolute Gasteiger partial charge is 0.481 e. The lowest BCUT2D eigenvalue weighted by molar-refractivity contribution is -0.142. The number of nitrogens with one attached hydrogen (secondary N) is 4. The molecule has 0 saturated carbocycles. The number of hydrogen-bond donors (Lipinski definition) is 6. The first kappa shape index (κ1) is 61.2. The third-order valence-electron chi connectivity index (χ3n) is 10.8. The summed E-state index contributed by atoms with van der Waals surface area (Å²) in [4.78, 5) is 95.3. The summed E-state index contributed by atoms with van der Waals surface area (Å²) in [6.07, 6.45) is 15.6. The van der Waals surface area contributed by atoms with Gasteiger partial charge in [0, 0.05) is 57.7 Å². The number of amides is 3. The van der Waals surface area contributed by atoms with E-state index in [0.717, 1.165) is 77.0 Å². The number of Topliss-reactive ketones (excluding diaryl/α,β-unsaturated/α-hetero) is 3. The highest BCUT2D eigenvalue weighted by Crippen LogP contribution is 2.18. The van der Waals surface area contributed by atoms with Crippen molar-refractivity contribution in [3.8, 4) is 0 Å². The Morgan fingerprint density at radius 3 is 1.60 bits per heavy atom. The number of likely N-dealkylation sites (N-methyl/N-ethyl adjacent to an activating group) is 1. The molecule has 3 atom stereocenters. The van der Waals surface area contributed by atoms with Gasteiger partial charge < -0.3 is 50.4 Å². The summed E-state index contributed by atoms with van der Waals surface area (Å²) in [5.74, 6) is -2.85. The maximum absolute atomic E-state index is 12.4. The van der Waals surface area contributed by atoms with Crippen LogP contribution in [0, 0.1) is 5.92 Å². The molecule has 0 fully saturated rings. The van der Waals surface area contributed by atoms with Gasteiger partial charge in [-0.05, 0) is 65.3 Å². The second-order valence-electron chi connectivity index (χ2n) is 16.5. The van der Waals surface area contributed by atoms with Crippen LogP contribution in [0.25, 0.3) is 0 Å². The van der Waals surface area contributed by atoms with Gasteiger partial charge >= 0.3 is 11.9 Å². The van der Waals surface area contributed by atoms with E-state index in [9.17, 15) is 43.5 Å². The molecule has 0 saturated heterocycles. The minimum Gasteiger partial charge on any atom is -0.481 e. The van der Waals surface area contributed by atoms with Crippen LogP contribution in [0.3, 0.4) is 0 Å². The van der Waals surface area contributed by atoms with E-state index in [4.69, 9.17) is 24.1 Å². The van der Waals surface area contributed by atoms with Crippen molar-refractivity contribution in [2.75, 3.05) is 73.0 Å². The Labute approximate surface area is 387 Å². The first-order valence-corrected chi connectivity index (χ1v) is 24.1. The molecule has 0 aliphatic carbocycles. The number of ketones is 3. The first-order valence-electron chi connectivity index (χ1n) is 24.1. The van der Waals surface area contributed by atoms with Gasteiger partial charge in [0.2, 0.25) is 17.7 Å². The summed E-state index contributed by atoms with van der Waals surface area (Å²) < 4.78 is 21.5. The fourth-order valence-electron chi connectivity index (χ4n) is 6.98. The molecule has 3 amide bonds. The van der Waals surface area contributed by atoms with Crippen LogP contribution in [0.1, 0.15) is 162 Å². The molecule has 0 aliphatic rings. The number of carbonyl (C=O) groups excluding carboxylic acids is 6. The zero-order valence-corrected chi connectivity index (χ0v) is 39.9. The Balaban J connectivity index is 3.75. The Hall–Kier alpha value is -3.84. The van der Waals surface area contributed by atoms with Crippen molar-refractivity contribution in [1.82, 2.24) is 21.3 Å². The Bertz CT molecular complexity index is 1330. The van der Waals surface area contributed by atoms with Crippen molar-refractivity contribution >= 4 is 47.0 Å². The van der Waals surface area contributed by atoms with Crippen LogP contribution in [0.4, 0.5) is 0 Å². The van der Waals surface area contributed by atoms with E-state index in [1.165, 1.54) is 0 Å². The van der Waals surface area contributed by atoms with E-state index in [1.54, 1.807) is 14.0 Å². The van der Waals surface area contributed by atoms with Crippen LogP contribution < -0.4 is 21.3 Å². The fourth-order valence-corrected chi connectivity index (χ4v) is 6.98. The second-order valence-corrected chi connectivity index (χ2v) is 16.5. The average molecular weight is 929 g/mol. The van der Waals surface area contributed by atoms with Gasteiger partial charge in [0.15, 0.2) is 0 Å². The van der Waals surface area contributed by atoms with E-state index < -0.39 is 18.0 Å². The van der Waals surface area contributed by atoms with E-state index in [1.807, 2.05) is 6.92 Å². The van der Waals surface area contributed by atoms with Gasteiger partial charge in [0.1, 0.15) is 36.6 Å². The van der Waals surface area contributed by atoms with Crippen molar-refractivity contribution < 1.29 is 67.5 Å². The molecular formula is C47H84N4O14. The molecule has 18 heteroatoms. The number of aliphatic carboxylic acids is 2. The topological polar surface area (TPSA) is 262 Å². The fraction of sp³-hybridized carbons (Fsp3) is 0.830. The molecule has 376 valence electrons. The maximum atomic E-state index is 12.4. The molecule has 65 heavy (non-hydrogen) atoms. The van der Waals surface area contributed by atoms with Crippen LogP contribution in [-0.4, -0.2) is 142 Å². The molecular weight excluding hydrogens is 845 g/mol. The zero-order valence-electron chi connectivity index (χ0n) is 39.9. The Kier molecular flexibility index (Phi) is 40.2. The predicted molar refractivity (Wildman–Crippen MR) is 245 cm³/mol. The summed E-state index contributed by atoms with van der Waals surface area (Å²) in [6, 6.07) is -1.28. The predicted octanol–water partition coefficient (Wildman–Crippen LogP) is 4.86. The molecule has 0 radical (unpaired) electrons. The number of rotatable bonds is 48. The van der Waals surface area contributed by atoms with Crippen LogP contribution in [-0.2, 0) is 57.3 Å². The number of hydrogen-bond acceptors (Lipinski definition) is 13. The smallest absolute Gasteiger partial charge is 0.326 e. The zero-order chi connectivity index (χ0) is 48.3. The molecule has 0 bridgehead atoms. The molecule has 18 nitrogen and oxygen atoms in total. The highest BCUT2D eigenvalue weighted by atomic mass is 16.5. The maximum Gasteiger partial charge on any atom is 0.326 e. The normalized spacial score (nSPS) is 12.5. The SMILES string of the molecule is CCC[C@H](NC)C(=O)CC[C@@H](CCCCNC(=O)COCCOCCNC(=O)COCCOCCCC(=O)CC[C@H](NC(=O)CCCCCCCCCCCCC(=O)O)C(=O)O)C(C)=O. The van der Waals surface area contributed by atoms with Crippen molar-refractivity contribution in [3.05, 3.63) is 0 Å². The molecule has 6 N–H and O–H groups in total. The summed E-state index contributed by atoms with van der Waals surface area (Å²) in [5.41, 5.74) is 0. The summed E-state index contributed by atoms with van der Waals surface area (Å²) in [5, 5.41) is 29.2. The Morgan fingerprint density at radius 2 is 1.05 bits per heavy atom. The van der Waals surface area contributed by atoms with E-state index in [0.29, 0.717) is 51.7 Å². The molecule has 0 spiro atoms. The van der Waals surface area contributed by atoms with Crippen LogP contribution in [0.2, 0.25) is 0 Å². The number of carboxylic acid groups (broad SMARTS) is 2. The summed E-state index contributed by atoms with van der Waals surface area (Å²) in [7, 11) is 1.78. The van der Waals surface area contributed by atoms with Crippen molar-refractivity contribution in [3.63, 3.8) is 0 Å². The molecule has 0 unspecified atom stereocenters. The minimum absolute atomic E-state index is 0.0206. The number of ether oxygens (including phenoxy) is 4. The molecule has 0 aromatic rings. The molecule has 0 aromatic heterocycles. The molecule has 0 heterocycles. The third kappa shape index (κ3) is 39.1. The van der Waals surface area contributed by atoms with Crippen LogP contribution >= 0.6 is 0 Å². The van der Waals surface area contributed by atoms with Gasteiger partial charge in [-0.15, -0.1) is 0 Å². The van der Waals surface area contributed by atoms with Crippen LogP contribution in [0.15, 0.2) is 0 Å². The van der Waals surface area contributed by atoms with E-state index >= 15 is 0 Å². The molecule has 0 aliphatic heterocycles. The number of unbranched alkanes of at least 4 members (excludes halogenated alkanes) is 10. The average Bonchev–Trinajstić information content (AvgIpc) is 3.26. The van der Waals surface area contributed by atoms with Gasteiger partial charge in [0.05, 0.1) is 39.1 Å².